The summed E-state index contributed by atoms with van der Waals surface area (Å²) in [4.78, 5) is 65.4. The molecule has 2 aromatic carbocycles. The van der Waals surface area contributed by atoms with Crippen molar-refractivity contribution in [2.24, 2.45) is 23.7 Å². The number of Topliss-reactive ketones (excluding diaryl/α,β-unsaturated/α-hetero) is 1. The number of nitrogens with one attached hydrogen (secondary N) is 3. The van der Waals surface area contributed by atoms with Crippen LogP contribution in [0.5, 0.6) is 5.75 Å². The first-order valence-electron chi connectivity index (χ1n) is 25.8. The monoisotopic (exact) mass is 1060 g/mol. The molecule has 418 valence electrons. The van der Waals surface area contributed by atoms with E-state index in [-0.39, 0.29) is 42.8 Å². The van der Waals surface area contributed by atoms with E-state index >= 15 is 0 Å². The Morgan fingerprint density at radius 2 is 1.55 bits per heavy atom. The van der Waals surface area contributed by atoms with Crippen molar-refractivity contribution < 1.29 is 77.1 Å². The average molecular weight is 1060 g/mol. The third-order valence-electron chi connectivity index (χ3n) is 15.8. The molecular formula is C54H81N5O16. The molecule has 4 heterocycles. The lowest BCUT2D eigenvalue weighted by Gasteiger charge is -2.50. The minimum Gasteiger partial charge on any atom is -0.496 e. The summed E-state index contributed by atoms with van der Waals surface area (Å²) in [7, 11) is 8.21. The summed E-state index contributed by atoms with van der Waals surface area (Å²) in [5, 5.41) is 35.3. The van der Waals surface area contributed by atoms with E-state index in [2.05, 4.69) is 20.8 Å². The molecule has 18 atom stereocenters. The number of imidazole rings is 1. The summed E-state index contributed by atoms with van der Waals surface area (Å²) < 4.78 is 56.4. The fraction of sp³-hybridized carbons (Fsp3) is 0.685. The lowest BCUT2D eigenvalue weighted by atomic mass is 9.74. The summed E-state index contributed by atoms with van der Waals surface area (Å²) in [5.74, 6) is -4.42. The predicted molar refractivity (Wildman–Crippen MR) is 274 cm³/mol. The number of likely N-dealkylation sites (N-methyl/N-ethyl adjacent to an activating group) is 1. The van der Waals surface area contributed by atoms with Gasteiger partial charge in [0.25, 0.3) is 5.91 Å². The number of ketones is 1. The number of H-pyrrole nitrogens is 1. The molecule has 3 saturated heterocycles. The maximum Gasteiger partial charge on any atom is 0.426 e. The van der Waals surface area contributed by atoms with Crippen LogP contribution in [-0.2, 0) is 47.5 Å². The molecule has 21 nitrogen and oxygen atoms in total. The van der Waals surface area contributed by atoms with Crippen LogP contribution in [-0.4, -0.2) is 174 Å². The fourth-order valence-electron chi connectivity index (χ4n) is 11.2. The zero-order valence-electron chi connectivity index (χ0n) is 46.1. The summed E-state index contributed by atoms with van der Waals surface area (Å²) in [6.45, 7) is 16.7. The molecule has 21 heteroatoms. The first kappa shape index (κ1) is 59.4. The molecule has 2 amide bonds. The molecule has 3 aliphatic heterocycles. The topological polar surface area (TPSA) is 268 Å². The van der Waals surface area contributed by atoms with Gasteiger partial charge < -0.3 is 67.8 Å². The number of cyclic esters (lactones) is 1. The van der Waals surface area contributed by atoms with Crippen LogP contribution in [0.4, 0.5) is 4.79 Å². The Kier molecular flexibility index (Phi) is 19.2. The molecule has 0 radical (unpaired) electrons. The van der Waals surface area contributed by atoms with Crippen LogP contribution in [0.3, 0.4) is 0 Å². The highest BCUT2D eigenvalue weighted by atomic mass is 16.7. The molecule has 0 bridgehead atoms. The number of aromatic nitrogens is 2. The van der Waals surface area contributed by atoms with Gasteiger partial charge in [-0.1, -0.05) is 39.8 Å². The van der Waals surface area contributed by atoms with Gasteiger partial charge >= 0.3 is 12.1 Å². The molecule has 75 heavy (non-hydrogen) atoms. The standard InChI is InChI=1S/C54H81N5O16/c1-16-39-54(10,66)44(62)29(4)41(60)27(2)25-52(8,68-14)45(74-50-42(61)37(59(11)12)23-28(3)70-50)30(5)43(31(6)49(64)72-39)73-40-26-53(9,69-15)46(32(7)71-40)75-51(65)58-57-48(63)33-21-22-35-36(24-33)56-47(55-35)34-19-17-18-20-38(34)67-13/h17-22,24,27-32,37,39-40,42-46,50,61-62,66H,16,23,25-26H2,1-15H3,(H,55,56)(H,57,63)(H,58,65)/t27-,28-,29+,30+,31-,32+,37+,39-,40+,42-,43+,44-,45-,46+,50+,52-,53-,54-/m1/s1. The number of rotatable bonds is 12. The van der Waals surface area contributed by atoms with Gasteiger partial charge in [0, 0.05) is 50.0 Å². The maximum absolute atomic E-state index is 14.6. The highest BCUT2D eigenvalue weighted by Gasteiger charge is 2.55. The van der Waals surface area contributed by atoms with E-state index in [1.54, 1.807) is 73.8 Å². The van der Waals surface area contributed by atoms with Gasteiger partial charge in [-0.3, -0.25) is 19.8 Å². The first-order chi connectivity index (χ1) is 35.2. The lowest BCUT2D eigenvalue weighted by molar-refractivity contribution is -0.319. The van der Waals surface area contributed by atoms with Gasteiger partial charge in [-0.05, 0) is 105 Å². The second kappa shape index (κ2) is 24.2. The van der Waals surface area contributed by atoms with E-state index in [1.807, 2.05) is 50.2 Å². The van der Waals surface area contributed by atoms with E-state index in [1.165, 1.54) is 28.1 Å². The fourth-order valence-corrected chi connectivity index (χ4v) is 11.2. The normalized spacial score (nSPS) is 37.3. The van der Waals surface area contributed by atoms with Crippen LogP contribution in [0.1, 0.15) is 105 Å². The van der Waals surface area contributed by atoms with Crippen molar-refractivity contribution in [2.75, 3.05) is 35.4 Å². The molecular weight excluding hydrogens is 975 g/mol. The minimum atomic E-state index is -2.04. The number of aromatic amines is 1. The molecule has 3 fully saturated rings. The van der Waals surface area contributed by atoms with Crippen LogP contribution in [0, 0.1) is 23.7 Å². The summed E-state index contributed by atoms with van der Waals surface area (Å²) in [5.41, 5.74) is 2.19. The van der Waals surface area contributed by atoms with Gasteiger partial charge in [-0.15, -0.1) is 0 Å². The Morgan fingerprint density at radius 3 is 2.19 bits per heavy atom. The average Bonchev–Trinajstić information content (AvgIpc) is 3.82. The van der Waals surface area contributed by atoms with Crippen molar-refractivity contribution in [1.82, 2.24) is 25.7 Å². The Hall–Kier alpha value is -4.81. The zero-order valence-corrected chi connectivity index (χ0v) is 46.1. The van der Waals surface area contributed by atoms with Crippen LogP contribution in [0.25, 0.3) is 22.4 Å². The number of hydrazine groups is 1. The Morgan fingerprint density at radius 1 is 0.880 bits per heavy atom. The number of hydrogen-bond acceptors (Lipinski definition) is 18. The second-order valence-electron chi connectivity index (χ2n) is 21.6. The number of carbonyl (C=O) groups is 4. The van der Waals surface area contributed by atoms with Gasteiger partial charge in [-0.2, -0.15) is 0 Å². The van der Waals surface area contributed by atoms with Crippen molar-refractivity contribution in [1.29, 1.82) is 0 Å². The first-order valence-corrected chi connectivity index (χ1v) is 25.8. The number of fused-ring (bicyclic) bond motifs is 1. The minimum absolute atomic E-state index is 0.0418. The number of aliphatic hydroxyl groups is 3. The summed E-state index contributed by atoms with van der Waals surface area (Å²) in [6.07, 6.45) is -11.2. The highest BCUT2D eigenvalue weighted by molar-refractivity contribution is 5.98. The Labute approximate surface area is 439 Å². The predicted octanol–water partition coefficient (Wildman–Crippen LogP) is 5.07. The molecule has 3 aromatic rings. The number of benzene rings is 2. The number of esters is 1. The van der Waals surface area contributed by atoms with Gasteiger partial charge in [0.1, 0.15) is 40.8 Å². The number of ether oxygens (including phenoxy) is 9. The van der Waals surface area contributed by atoms with E-state index < -0.39 is 114 Å². The van der Waals surface area contributed by atoms with E-state index in [0.717, 1.165) is 5.56 Å². The number of amides is 2. The van der Waals surface area contributed by atoms with Crippen LogP contribution in [0.2, 0.25) is 0 Å². The van der Waals surface area contributed by atoms with E-state index in [0.29, 0.717) is 29.0 Å². The molecule has 6 rings (SSSR count). The molecule has 0 spiro atoms. The van der Waals surface area contributed by atoms with Crippen molar-refractivity contribution in [2.45, 2.75) is 179 Å². The van der Waals surface area contributed by atoms with Crippen LogP contribution in [0.15, 0.2) is 42.5 Å². The molecule has 6 N–H and O–H groups in total. The van der Waals surface area contributed by atoms with E-state index in [4.69, 9.17) is 42.6 Å². The largest absolute Gasteiger partial charge is 0.496 e. The van der Waals surface area contributed by atoms with Crippen molar-refractivity contribution >= 4 is 34.8 Å². The number of methoxy groups -OCH3 is 3. The molecule has 3 aliphatic rings. The molecule has 0 saturated carbocycles. The zero-order chi connectivity index (χ0) is 55.5. The lowest BCUT2D eigenvalue weighted by Crippen LogP contribution is -2.62. The summed E-state index contributed by atoms with van der Waals surface area (Å²) in [6, 6.07) is 11.9. The van der Waals surface area contributed by atoms with Gasteiger partial charge in [0.2, 0.25) is 0 Å². The molecule has 0 aliphatic carbocycles. The number of carbonyl (C=O) groups excluding carboxylic acids is 4. The van der Waals surface area contributed by atoms with Gasteiger partial charge in [-0.25, -0.2) is 15.2 Å². The van der Waals surface area contributed by atoms with Crippen molar-refractivity contribution in [3.05, 3.63) is 48.0 Å². The number of aliphatic hydroxyl groups excluding tert-OH is 2. The number of hydrogen-bond donors (Lipinski definition) is 6. The van der Waals surface area contributed by atoms with Crippen LogP contribution >= 0.6 is 0 Å². The van der Waals surface area contributed by atoms with Crippen LogP contribution < -0.4 is 15.6 Å². The quantitative estimate of drug-likeness (QED) is 0.102. The smallest absolute Gasteiger partial charge is 0.426 e. The molecule has 0 unspecified atom stereocenters. The third kappa shape index (κ3) is 12.8. The van der Waals surface area contributed by atoms with Gasteiger partial charge in [0.05, 0.1) is 65.7 Å². The number of nitrogens with zero attached hydrogens (tertiary/aromatic N) is 2. The van der Waals surface area contributed by atoms with Crippen molar-refractivity contribution in [3.63, 3.8) is 0 Å². The maximum atomic E-state index is 14.6. The van der Waals surface area contributed by atoms with E-state index in [9.17, 15) is 34.5 Å². The van der Waals surface area contributed by atoms with Gasteiger partial charge in [0.15, 0.2) is 18.7 Å². The second-order valence-corrected chi connectivity index (χ2v) is 21.6. The highest BCUT2D eigenvalue weighted by Crippen LogP contribution is 2.42. The Bertz CT molecular complexity index is 2450. The summed E-state index contributed by atoms with van der Waals surface area (Å²) >= 11 is 0. The van der Waals surface area contributed by atoms with Crippen molar-refractivity contribution in [3.8, 4) is 17.1 Å². The third-order valence-corrected chi connectivity index (χ3v) is 15.8. The Balaban J connectivity index is 1.26. The molecule has 1 aromatic heterocycles. The SMILES string of the molecule is CC[C@H]1OC(=O)[C@H](C)[C@@H](O[C@H]2C[C@@](C)(OC)[C@@H](OC(=O)NNC(=O)c3ccc4nc(-c5ccccc5OC)[nH]c4c3)[C@H](C)O2)[C@H](C)[C@@H](O[C@@H]2O[C@H](C)C[C@H](N(C)C)[C@H]2O)[C@](C)(OC)C[C@@H](C)C(=O)[C@H](C)[C@@H](O)[C@]1(C)O. The number of para-hydroxylation sites is 1.